The summed E-state index contributed by atoms with van der Waals surface area (Å²) in [7, 11) is -4.36. The number of carbonyl (C=O) groups is 2. The van der Waals surface area contributed by atoms with E-state index in [-0.39, 0.29) is 44.3 Å². The summed E-state index contributed by atoms with van der Waals surface area (Å²) in [5.41, 5.74) is 0.693. The fourth-order valence-corrected chi connectivity index (χ4v) is 5.82. The highest BCUT2D eigenvalue weighted by molar-refractivity contribution is 7.89. The van der Waals surface area contributed by atoms with Crippen molar-refractivity contribution in [2.75, 3.05) is 13.1 Å². The van der Waals surface area contributed by atoms with E-state index in [0.717, 1.165) is 33.6 Å². The van der Waals surface area contributed by atoms with Crippen LogP contribution in [0.5, 0.6) is 0 Å². The highest BCUT2D eigenvalue weighted by atomic mass is 32.2. The Labute approximate surface area is 202 Å². The maximum Gasteiger partial charge on any atom is 0.417 e. The van der Waals surface area contributed by atoms with Crippen LogP contribution < -0.4 is 10.6 Å². The minimum atomic E-state index is -4.80. The molecule has 1 saturated heterocycles. The lowest BCUT2D eigenvalue weighted by atomic mass is 10.0. The van der Waals surface area contributed by atoms with Crippen molar-refractivity contribution in [2.45, 2.75) is 56.3 Å². The molecule has 1 heterocycles. The molecule has 2 N–H and O–H groups in total. The minimum Gasteiger partial charge on any atom is -0.351 e. The Balaban J connectivity index is 1.66. The number of amides is 2. The number of sulfonamides is 1. The molecule has 2 aromatic rings. The minimum absolute atomic E-state index is 0.0395. The number of piperidine rings is 1. The van der Waals surface area contributed by atoms with Crippen molar-refractivity contribution in [3.05, 3.63) is 65.2 Å². The van der Waals surface area contributed by atoms with Gasteiger partial charge in [0.25, 0.3) is 0 Å². The lowest BCUT2D eigenvalue weighted by Crippen LogP contribution is -2.53. The number of benzene rings is 2. The number of nitrogens with zero attached hydrogens (tertiary/aromatic N) is 1. The van der Waals surface area contributed by atoms with Crippen LogP contribution in [0.3, 0.4) is 0 Å². The van der Waals surface area contributed by atoms with Crippen molar-refractivity contribution in [3.63, 3.8) is 0 Å². The second-order valence-corrected chi connectivity index (χ2v) is 10.5. The summed E-state index contributed by atoms with van der Waals surface area (Å²) >= 11 is 0. The normalized spacial score (nSPS) is 16.5. The zero-order valence-corrected chi connectivity index (χ0v) is 20.2. The van der Waals surface area contributed by atoms with E-state index in [9.17, 15) is 31.2 Å². The van der Waals surface area contributed by atoms with Gasteiger partial charge in [0.1, 0.15) is 6.04 Å². The number of carbonyl (C=O) groups excluding carboxylic acids is 2. The Bertz CT molecular complexity index is 1180. The largest absolute Gasteiger partial charge is 0.417 e. The van der Waals surface area contributed by atoms with Crippen molar-refractivity contribution in [2.24, 2.45) is 0 Å². The monoisotopic (exact) mass is 511 g/mol. The molecule has 0 aromatic heterocycles. The Hall–Kier alpha value is -2.92. The van der Waals surface area contributed by atoms with Crippen molar-refractivity contribution < 1.29 is 31.2 Å². The van der Waals surface area contributed by atoms with Crippen LogP contribution in [0.1, 0.15) is 36.5 Å². The third kappa shape index (κ3) is 6.82. The first-order valence-electron chi connectivity index (χ1n) is 11.2. The molecule has 1 unspecified atom stereocenters. The molecule has 3 rings (SSSR count). The van der Waals surface area contributed by atoms with Gasteiger partial charge in [0.2, 0.25) is 21.8 Å². The number of rotatable bonds is 7. The van der Waals surface area contributed by atoms with Crippen molar-refractivity contribution >= 4 is 21.8 Å². The van der Waals surface area contributed by atoms with Crippen LogP contribution in [0, 0.1) is 6.92 Å². The second kappa shape index (κ2) is 10.8. The van der Waals surface area contributed by atoms with Crippen LogP contribution in [-0.4, -0.2) is 49.7 Å². The Morgan fingerprint density at radius 2 is 1.74 bits per heavy atom. The Kier molecular flexibility index (Phi) is 8.22. The third-order valence-corrected chi connectivity index (χ3v) is 7.78. The molecule has 7 nitrogen and oxygen atoms in total. The first kappa shape index (κ1) is 26.7. The zero-order chi connectivity index (χ0) is 25.8. The highest BCUT2D eigenvalue weighted by Crippen LogP contribution is 2.35. The molecule has 0 radical (unpaired) electrons. The van der Waals surface area contributed by atoms with Gasteiger partial charge < -0.3 is 10.6 Å². The number of halogens is 3. The van der Waals surface area contributed by atoms with Crippen LogP contribution in [0.4, 0.5) is 13.2 Å². The average Bonchev–Trinajstić information content (AvgIpc) is 2.78. The van der Waals surface area contributed by atoms with Crippen LogP contribution in [0.2, 0.25) is 0 Å². The maximum absolute atomic E-state index is 13.3. The summed E-state index contributed by atoms with van der Waals surface area (Å²) in [6.07, 6.45) is -4.05. The summed E-state index contributed by atoms with van der Waals surface area (Å²) in [6, 6.07) is 10.5. The lowest BCUT2D eigenvalue weighted by molar-refractivity contribution is -0.140. The maximum atomic E-state index is 13.3. The van der Waals surface area contributed by atoms with Gasteiger partial charge in [-0.1, -0.05) is 42.0 Å². The van der Waals surface area contributed by atoms with Gasteiger partial charge in [-0.2, -0.15) is 17.5 Å². The number of nitrogens with one attached hydrogen (secondary N) is 2. The predicted octanol–water partition coefficient (Wildman–Crippen LogP) is 3.03. The van der Waals surface area contributed by atoms with Gasteiger partial charge in [-0.15, -0.1) is 0 Å². The SMILES string of the molecule is CC(=O)NC(Cc1cccc(C)c1)C(=O)NC1CCN(S(=O)(=O)c2ccccc2C(F)(F)F)CC1. The van der Waals surface area contributed by atoms with E-state index in [1.807, 2.05) is 31.2 Å². The molecular formula is C24H28F3N3O4S. The van der Waals surface area contributed by atoms with Gasteiger partial charge in [0.05, 0.1) is 10.5 Å². The molecular weight excluding hydrogens is 483 g/mol. The van der Waals surface area contributed by atoms with Crippen LogP contribution in [-0.2, 0) is 32.2 Å². The molecule has 1 aliphatic heterocycles. The molecule has 35 heavy (non-hydrogen) atoms. The molecule has 1 fully saturated rings. The van der Waals surface area contributed by atoms with E-state index in [1.165, 1.54) is 13.0 Å². The molecule has 1 aliphatic rings. The van der Waals surface area contributed by atoms with Crippen LogP contribution in [0.25, 0.3) is 0 Å². The van der Waals surface area contributed by atoms with E-state index in [1.54, 1.807) is 0 Å². The van der Waals surface area contributed by atoms with Gasteiger partial charge in [-0.25, -0.2) is 8.42 Å². The molecule has 2 aromatic carbocycles. The fraction of sp³-hybridized carbons (Fsp3) is 0.417. The van der Waals surface area contributed by atoms with Gasteiger partial charge in [0, 0.05) is 32.5 Å². The Morgan fingerprint density at radius 3 is 2.34 bits per heavy atom. The molecule has 0 saturated carbocycles. The van der Waals surface area contributed by atoms with E-state index in [2.05, 4.69) is 10.6 Å². The predicted molar refractivity (Wildman–Crippen MR) is 124 cm³/mol. The number of hydrogen-bond acceptors (Lipinski definition) is 4. The topological polar surface area (TPSA) is 95.6 Å². The molecule has 11 heteroatoms. The summed E-state index contributed by atoms with van der Waals surface area (Å²) in [6.45, 7) is 3.16. The van der Waals surface area contributed by atoms with Crippen LogP contribution in [0.15, 0.2) is 53.4 Å². The molecule has 0 aliphatic carbocycles. The summed E-state index contributed by atoms with van der Waals surface area (Å²) in [5.74, 6) is -0.757. The highest BCUT2D eigenvalue weighted by Gasteiger charge is 2.39. The molecule has 1 atom stereocenters. The number of hydrogen-bond donors (Lipinski definition) is 2. The standard InChI is InChI=1S/C24H28F3N3O4S/c1-16-6-5-7-18(14-16)15-21(28-17(2)31)23(32)29-19-10-12-30(13-11-19)35(33,34)22-9-4-3-8-20(22)24(25,26)27/h3-9,14,19,21H,10-13,15H2,1-2H3,(H,28,31)(H,29,32). The lowest BCUT2D eigenvalue weighted by Gasteiger charge is -2.33. The Morgan fingerprint density at radius 1 is 1.09 bits per heavy atom. The smallest absolute Gasteiger partial charge is 0.351 e. The van der Waals surface area contributed by atoms with Crippen molar-refractivity contribution in [1.82, 2.24) is 14.9 Å². The van der Waals surface area contributed by atoms with E-state index < -0.39 is 38.6 Å². The van der Waals surface area contributed by atoms with E-state index in [4.69, 9.17) is 0 Å². The van der Waals surface area contributed by atoms with Gasteiger partial charge in [-0.05, 0) is 37.5 Å². The third-order valence-electron chi connectivity index (χ3n) is 5.83. The second-order valence-electron chi connectivity index (χ2n) is 8.63. The van der Waals surface area contributed by atoms with Crippen molar-refractivity contribution in [1.29, 1.82) is 0 Å². The van der Waals surface area contributed by atoms with Gasteiger partial charge in [-0.3, -0.25) is 9.59 Å². The zero-order valence-electron chi connectivity index (χ0n) is 19.4. The number of alkyl halides is 3. The van der Waals surface area contributed by atoms with Crippen molar-refractivity contribution in [3.8, 4) is 0 Å². The summed E-state index contributed by atoms with van der Waals surface area (Å²) in [4.78, 5) is 23.8. The fourth-order valence-electron chi connectivity index (χ4n) is 4.14. The first-order chi connectivity index (χ1) is 16.4. The quantitative estimate of drug-likeness (QED) is 0.598. The molecule has 0 spiro atoms. The summed E-state index contributed by atoms with van der Waals surface area (Å²) < 4.78 is 66.9. The van der Waals surface area contributed by atoms with Crippen LogP contribution >= 0.6 is 0 Å². The van der Waals surface area contributed by atoms with E-state index in [0.29, 0.717) is 0 Å². The average molecular weight is 512 g/mol. The summed E-state index contributed by atoms with van der Waals surface area (Å²) in [5, 5.41) is 5.50. The molecule has 190 valence electrons. The number of aryl methyl sites for hydroxylation is 1. The molecule has 0 bridgehead atoms. The van der Waals surface area contributed by atoms with Gasteiger partial charge >= 0.3 is 6.18 Å². The molecule has 2 amide bonds. The van der Waals surface area contributed by atoms with E-state index >= 15 is 0 Å². The van der Waals surface area contributed by atoms with Gasteiger partial charge in [0.15, 0.2) is 0 Å². The first-order valence-corrected chi connectivity index (χ1v) is 12.6.